The molecule has 30 heavy (non-hydrogen) atoms. The Bertz CT molecular complexity index is 796. The molecule has 5 heteroatoms. The third-order valence-corrected chi connectivity index (χ3v) is 5.22. The molecule has 0 saturated heterocycles. The molecule has 2 atom stereocenters. The van der Waals surface area contributed by atoms with Crippen molar-refractivity contribution in [2.45, 2.75) is 65.1 Å². The van der Waals surface area contributed by atoms with Crippen LogP contribution in [0, 0.1) is 5.41 Å². The molecule has 1 aliphatic rings. The van der Waals surface area contributed by atoms with Gasteiger partial charge in [-0.2, -0.15) is 0 Å². The molecule has 0 spiro atoms. The molecule has 0 aromatic heterocycles. The quantitative estimate of drug-likeness (QED) is 0.468. The Morgan fingerprint density at radius 1 is 1.03 bits per heavy atom. The minimum absolute atomic E-state index is 0.123. The van der Waals surface area contributed by atoms with E-state index in [1.165, 1.54) is 12.8 Å². The van der Waals surface area contributed by atoms with Crippen LogP contribution in [0.1, 0.15) is 52.0 Å². The largest absolute Gasteiger partial charge is 0.489 e. The normalized spacial score (nSPS) is 19.9. The van der Waals surface area contributed by atoms with Crippen molar-refractivity contribution in [3.05, 3.63) is 60.2 Å². The van der Waals surface area contributed by atoms with E-state index in [2.05, 4.69) is 43.5 Å². The number of nitrogens with zero attached hydrogens (tertiary/aromatic N) is 1. The van der Waals surface area contributed by atoms with Crippen LogP contribution in [0.4, 0.5) is 5.69 Å². The fourth-order valence-electron chi connectivity index (χ4n) is 3.46. The first-order valence-electron chi connectivity index (χ1n) is 11.0. The summed E-state index contributed by atoms with van der Waals surface area (Å²) in [5.41, 5.74) is 8.60. The first kappa shape index (κ1) is 22.2. The smallest absolute Gasteiger partial charge is 0.196 e. The van der Waals surface area contributed by atoms with Crippen molar-refractivity contribution >= 4 is 11.6 Å². The van der Waals surface area contributed by atoms with Crippen LogP contribution < -0.4 is 21.1 Å². The average Bonchev–Trinajstić information content (AvgIpc) is 2.73. The molecule has 1 fully saturated rings. The highest BCUT2D eigenvalue weighted by atomic mass is 16.5. The molecule has 0 amide bonds. The van der Waals surface area contributed by atoms with Gasteiger partial charge in [0.25, 0.3) is 0 Å². The van der Waals surface area contributed by atoms with Crippen LogP contribution in [-0.4, -0.2) is 24.6 Å². The predicted molar refractivity (Wildman–Crippen MR) is 126 cm³/mol. The number of hydrogen-bond acceptors (Lipinski definition) is 3. The molecule has 4 N–H and O–H groups in total. The second-order valence-electron chi connectivity index (χ2n) is 9.35. The summed E-state index contributed by atoms with van der Waals surface area (Å²) < 4.78 is 5.89. The Morgan fingerprint density at radius 2 is 1.73 bits per heavy atom. The number of guanidine groups is 1. The molecule has 3 rings (SSSR count). The third-order valence-electron chi connectivity index (χ3n) is 5.22. The molecule has 1 aliphatic carbocycles. The summed E-state index contributed by atoms with van der Waals surface area (Å²) in [5.74, 6) is 1.64. The maximum absolute atomic E-state index is 6.34. The Balaban J connectivity index is 1.62. The molecule has 5 nitrogen and oxygen atoms in total. The van der Waals surface area contributed by atoms with E-state index in [-0.39, 0.29) is 17.5 Å². The van der Waals surface area contributed by atoms with Gasteiger partial charge in [-0.1, -0.05) is 63.9 Å². The molecule has 0 heterocycles. The highest BCUT2D eigenvalue weighted by Crippen LogP contribution is 2.20. The van der Waals surface area contributed by atoms with Crippen LogP contribution in [-0.2, 0) is 6.61 Å². The van der Waals surface area contributed by atoms with Gasteiger partial charge in [0.1, 0.15) is 12.4 Å². The lowest BCUT2D eigenvalue weighted by molar-refractivity contribution is 0.306. The lowest BCUT2D eigenvalue weighted by atomic mass is 9.91. The van der Waals surface area contributed by atoms with Crippen molar-refractivity contribution in [1.82, 2.24) is 5.32 Å². The first-order valence-corrected chi connectivity index (χ1v) is 11.0. The predicted octanol–water partition coefficient (Wildman–Crippen LogP) is 4.94. The summed E-state index contributed by atoms with van der Waals surface area (Å²) in [5, 5.41) is 7.02. The molecule has 0 unspecified atom stereocenters. The molecule has 1 saturated carbocycles. The molecule has 0 aliphatic heterocycles. The zero-order valence-electron chi connectivity index (χ0n) is 18.5. The lowest BCUT2D eigenvalue weighted by Gasteiger charge is -2.31. The summed E-state index contributed by atoms with van der Waals surface area (Å²) in [7, 11) is 0. The van der Waals surface area contributed by atoms with Gasteiger partial charge in [-0.15, -0.1) is 0 Å². The molecule has 2 aromatic carbocycles. The van der Waals surface area contributed by atoms with Crippen molar-refractivity contribution < 1.29 is 4.74 Å². The standard InChI is InChI=1S/C25H36N4O/c1-25(2,3)18-27-24(29-23-12-8-7-11-22(23)26)28-20-13-15-21(16-14-20)30-17-19-9-5-4-6-10-19/h4-6,9-10,13-16,22-23H,7-8,11-12,17-18,26H2,1-3H3,(H2,27,28,29)/t22-,23-/m0/s1. The fraction of sp³-hybridized carbons (Fsp3) is 0.480. The van der Waals surface area contributed by atoms with Gasteiger partial charge in [0.05, 0.1) is 0 Å². The van der Waals surface area contributed by atoms with Gasteiger partial charge >= 0.3 is 0 Å². The van der Waals surface area contributed by atoms with Gasteiger partial charge in [0.2, 0.25) is 0 Å². The van der Waals surface area contributed by atoms with E-state index in [1.54, 1.807) is 0 Å². The Labute approximate surface area is 181 Å². The van der Waals surface area contributed by atoms with Crippen molar-refractivity contribution in [2.24, 2.45) is 16.1 Å². The highest BCUT2D eigenvalue weighted by Gasteiger charge is 2.23. The maximum Gasteiger partial charge on any atom is 0.196 e. The van der Waals surface area contributed by atoms with Gasteiger partial charge < -0.3 is 21.1 Å². The molecular weight excluding hydrogens is 372 g/mol. The first-order chi connectivity index (χ1) is 14.4. The van der Waals surface area contributed by atoms with Crippen molar-refractivity contribution in [3.63, 3.8) is 0 Å². The van der Waals surface area contributed by atoms with E-state index in [0.29, 0.717) is 6.61 Å². The lowest BCUT2D eigenvalue weighted by Crippen LogP contribution is -2.51. The molecule has 162 valence electrons. The average molecular weight is 409 g/mol. The summed E-state index contributed by atoms with van der Waals surface area (Å²) in [6.07, 6.45) is 4.58. The third kappa shape index (κ3) is 7.38. The van der Waals surface area contributed by atoms with E-state index < -0.39 is 0 Å². The van der Waals surface area contributed by atoms with Crippen molar-refractivity contribution in [1.29, 1.82) is 0 Å². The van der Waals surface area contributed by atoms with Crippen molar-refractivity contribution in [2.75, 3.05) is 11.9 Å². The molecule has 0 radical (unpaired) electrons. The van der Waals surface area contributed by atoms with Gasteiger partial charge in [-0.3, -0.25) is 4.99 Å². The van der Waals surface area contributed by atoms with Crippen LogP contribution in [0.3, 0.4) is 0 Å². The number of rotatable bonds is 6. The zero-order chi connectivity index (χ0) is 21.4. The monoisotopic (exact) mass is 408 g/mol. The van der Waals surface area contributed by atoms with E-state index in [4.69, 9.17) is 15.5 Å². The zero-order valence-corrected chi connectivity index (χ0v) is 18.5. The Hall–Kier alpha value is -2.53. The number of aliphatic imine (C=N–C) groups is 1. The topological polar surface area (TPSA) is 71.7 Å². The molecular formula is C25H36N4O. The van der Waals surface area contributed by atoms with Gasteiger partial charge in [0.15, 0.2) is 5.96 Å². The van der Waals surface area contributed by atoms with Crippen LogP contribution in [0.2, 0.25) is 0 Å². The van der Waals surface area contributed by atoms with Crippen LogP contribution in [0.5, 0.6) is 5.75 Å². The summed E-state index contributed by atoms with van der Waals surface area (Å²) in [6.45, 7) is 7.88. The van der Waals surface area contributed by atoms with Crippen LogP contribution in [0.15, 0.2) is 59.6 Å². The number of anilines is 1. The second kappa shape index (κ2) is 10.5. The minimum Gasteiger partial charge on any atom is -0.489 e. The number of ether oxygens (including phenoxy) is 1. The number of nitrogens with one attached hydrogen (secondary N) is 2. The summed E-state index contributed by atoms with van der Waals surface area (Å²) >= 11 is 0. The fourth-order valence-corrected chi connectivity index (χ4v) is 3.46. The Kier molecular flexibility index (Phi) is 7.75. The second-order valence-corrected chi connectivity index (χ2v) is 9.35. The SMILES string of the molecule is CC(C)(C)CN=C(Nc1ccc(OCc2ccccc2)cc1)N[C@H]1CCCC[C@@H]1N. The summed E-state index contributed by atoms with van der Waals surface area (Å²) in [4.78, 5) is 4.82. The van der Waals surface area contributed by atoms with Gasteiger partial charge in [-0.05, 0) is 48.1 Å². The molecule has 0 bridgehead atoms. The number of nitrogens with two attached hydrogens (primary N) is 1. The minimum atomic E-state index is 0.123. The van der Waals surface area contributed by atoms with E-state index in [9.17, 15) is 0 Å². The molecule has 2 aromatic rings. The van der Waals surface area contributed by atoms with Crippen LogP contribution >= 0.6 is 0 Å². The van der Waals surface area contributed by atoms with Gasteiger partial charge in [0, 0.05) is 24.3 Å². The van der Waals surface area contributed by atoms with E-state index in [1.807, 2.05) is 42.5 Å². The van der Waals surface area contributed by atoms with Gasteiger partial charge in [-0.25, -0.2) is 0 Å². The number of benzene rings is 2. The Morgan fingerprint density at radius 3 is 2.40 bits per heavy atom. The van der Waals surface area contributed by atoms with Crippen molar-refractivity contribution in [3.8, 4) is 5.75 Å². The maximum atomic E-state index is 6.34. The summed E-state index contributed by atoms with van der Waals surface area (Å²) in [6, 6.07) is 18.6. The van der Waals surface area contributed by atoms with Crippen LogP contribution in [0.25, 0.3) is 0 Å². The highest BCUT2D eigenvalue weighted by molar-refractivity contribution is 5.94. The number of hydrogen-bond donors (Lipinski definition) is 3. The van der Waals surface area contributed by atoms with E-state index >= 15 is 0 Å². The van der Waals surface area contributed by atoms with E-state index in [0.717, 1.165) is 42.3 Å².